The molecule has 0 aromatic carbocycles. The molecular formula is C20H30N2O3. The Hall–Kier alpha value is -1.62. The van der Waals surface area contributed by atoms with E-state index >= 15 is 0 Å². The lowest BCUT2D eigenvalue weighted by Crippen LogP contribution is -2.59. The lowest BCUT2D eigenvalue weighted by Gasteiger charge is -2.39. The Morgan fingerprint density at radius 1 is 0.920 bits per heavy atom. The first kappa shape index (κ1) is 18.2. The van der Waals surface area contributed by atoms with E-state index in [4.69, 9.17) is 4.74 Å². The molecular weight excluding hydrogens is 316 g/mol. The Labute approximate surface area is 150 Å². The van der Waals surface area contributed by atoms with Crippen molar-refractivity contribution in [3.8, 4) is 0 Å². The van der Waals surface area contributed by atoms with Gasteiger partial charge in [-0.2, -0.15) is 0 Å². The third-order valence-electron chi connectivity index (χ3n) is 5.72. The summed E-state index contributed by atoms with van der Waals surface area (Å²) in [7, 11) is 0. The van der Waals surface area contributed by atoms with Gasteiger partial charge < -0.3 is 15.4 Å². The van der Waals surface area contributed by atoms with Crippen molar-refractivity contribution >= 4 is 11.8 Å². The molecule has 2 aliphatic carbocycles. The van der Waals surface area contributed by atoms with E-state index in [1.54, 1.807) is 0 Å². The van der Waals surface area contributed by atoms with Crippen LogP contribution < -0.4 is 10.6 Å². The zero-order chi connectivity index (χ0) is 17.5. The van der Waals surface area contributed by atoms with Crippen molar-refractivity contribution in [3.05, 3.63) is 24.3 Å². The normalized spacial score (nSPS) is 28.3. The van der Waals surface area contributed by atoms with E-state index in [9.17, 15) is 9.59 Å². The van der Waals surface area contributed by atoms with Crippen LogP contribution in [0, 0.1) is 11.8 Å². The summed E-state index contributed by atoms with van der Waals surface area (Å²) in [5.41, 5.74) is -0.364. The largest absolute Gasteiger partial charge is 0.381 e. The molecule has 2 N–H and O–H groups in total. The molecule has 0 aromatic rings. The second-order valence-electron chi connectivity index (χ2n) is 7.56. The lowest BCUT2D eigenvalue weighted by atomic mass is 9.86. The lowest BCUT2D eigenvalue weighted by molar-refractivity contribution is -0.130. The molecule has 2 atom stereocenters. The van der Waals surface area contributed by atoms with Gasteiger partial charge in [-0.3, -0.25) is 9.59 Å². The molecule has 0 saturated carbocycles. The maximum atomic E-state index is 12.7. The Morgan fingerprint density at radius 2 is 1.52 bits per heavy atom. The molecule has 0 aromatic heterocycles. The highest BCUT2D eigenvalue weighted by Gasteiger charge is 2.36. The Balaban J connectivity index is 1.58. The highest BCUT2D eigenvalue weighted by atomic mass is 16.5. The number of amides is 2. The van der Waals surface area contributed by atoms with Gasteiger partial charge in [0.15, 0.2) is 0 Å². The number of rotatable bonds is 5. The van der Waals surface area contributed by atoms with Gasteiger partial charge in [0, 0.05) is 31.6 Å². The van der Waals surface area contributed by atoms with Crippen LogP contribution in [0.2, 0.25) is 0 Å². The molecule has 2 amide bonds. The van der Waals surface area contributed by atoms with Crippen LogP contribution in [-0.4, -0.2) is 37.1 Å². The molecule has 1 heterocycles. The van der Waals surface area contributed by atoms with Crippen LogP contribution >= 0.6 is 0 Å². The Kier molecular flexibility index (Phi) is 6.29. The number of carbonyl (C=O) groups excluding carboxylic acids is 2. The average Bonchev–Trinajstić information content (AvgIpc) is 2.68. The van der Waals surface area contributed by atoms with Crippen molar-refractivity contribution in [3.63, 3.8) is 0 Å². The standard InChI is InChI=1S/C20H30N2O3/c23-18(16-7-3-1-4-8-16)21-15-20(11-13-25-14-12-20)22-19(24)17-9-5-2-6-10-17/h1-3,5,16-17H,4,6-15H2,(H,21,23)(H,22,24). The monoisotopic (exact) mass is 346 g/mol. The first-order valence-electron chi connectivity index (χ1n) is 9.66. The molecule has 1 saturated heterocycles. The summed E-state index contributed by atoms with van der Waals surface area (Å²) in [5.74, 6) is 0.371. The topological polar surface area (TPSA) is 67.4 Å². The predicted molar refractivity (Wildman–Crippen MR) is 96.9 cm³/mol. The SMILES string of the molecule is O=C(NCC1(NC(=O)C2CC=CCC2)CCOCC1)C1CC=CCC1. The zero-order valence-corrected chi connectivity index (χ0v) is 15.0. The second kappa shape index (κ2) is 8.65. The van der Waals surface area contributed by atoms with Crippen LogP contribution in [0.25, 0.3) is 0 Å². The van der Waals surface area contributed by atoms with E-state index in [-0.39, 0.29) is 29.2 Å². The van der Waals surface area contributed by atoms with Gasteiger partial charge in [0.1, 0.15) is 0 Å². The third kappa shape index (κ3) is 4.94. The molecule has 3 rings (SSSR count). The van der Waals surface area contributed by atoms with Crippen LogP contribution in [0.5, 0.6) is 0 Å². The molecule has 1 aliphatic heterocycles. The zero-order valence-electron chi connectivity index (χ0n) is 15.0. The molecule has 0 spiro atoms. The Bertz CT molecular complexity index is 535. The molecule has 1 fully saturated rings. The summed E-state index contributed by atoms with van der Waals surface area (Å²) in [6.45, 7) is 1.77. The summed E-state index contributed by atoms with van der Waals surface area (Å²) in [6.07, 6.45) is 15.4. The van der Waals surface area contributed by atoms with Gasteiger partial charge >= 0.3 is 0 Å². The minimum Gasteiger partial charge on any atom is -0.381 e. The van der Waals surface area contributed by atoms with Crippen molar-refractivity contribution in [2.75, 3.05) is 19.8 Å². The summed E-state index contributed by atoms with van der Waals surface area (Å²) in [4.78, 5) is 25.2. The van der Waals surface area contributed by atoms with Crippen molar-refractivity contribution in [2.24, 2.45) is 11.8 Å². The molecule has 25 heavy (non-hydrogen) atoms. The van der Waals surface area contributed by atoms with Crippen molar-refractivity contribution in [1.82, 2.24) is 10.6 Å². The van der Waals surface area contributed by atoms with Gasteiger partial charge in [-0.1, -0.05) is 24.3 Å². The number of nitrogens with one attached hydrogen (secondary N) is 2. The van der Waals surface area contributed by atoms with E-state index in [1.165, 1.54) is 0 Å². The fourth-order valence-electron chi connectivity index (χ4n) is 3.94. The Morgan fingerprint density at radius 3 is 2.08 bits per heavy atom. The summed E-state index contributed by atoms with van der Waals surface area (Å²) < 4.78 is 5.49. The second-order valence-corrected chi connectivity index (χ2v) is 7.56. The number of hydrogen-bond donors (Lipinski definition) is 2. The molecule has 0 radical (unpaired) electrons. The minimum absolute atomic E-state index is 0.0592. The molecule has 5 nitrogen and oxygen atoms in total. The van der Waals surface area contributed by atoms with Gasteiger partial charge in [0.05, 0.1) is 5.54 Å². The van der Waals surface area contributed by atoms with Gasteiger partial charge in [-0.25, -0.2) is 0 Å². The minimum atomic E-state index is -0.364. The maximum absolute atomic E-state index is 12.7. The van der Waals surface area contributed by atoms with E-state index in [0.29, 0.717) is 19.8 Å². The fraction of sp³-hybridized carbons (Fsp3) is 0.700. The van der Waals surface area contributed by atoms with Crippen molar-refractivity contribution in [1.29, 1.82) is 0 Å². The van der Waals surface area contributed by atoms with E-state index in [0.717, 1.165) is 51.4 Å². The van der Waals surface area contributed by atoms with Gasteiger partial charge in [0.25, 0.3) is 0 Å². The first-order chi connectivity index (χ1) is 12.2. The van der Waals surface area contributed by atoms with Crippen molar-refractivity contribution in [2.45, 2.75) is 56.9 Å². The van der Waals surface area contributed by atoms with E-state index in [1.807, 2.05) is 0 Å². The van der Waals surface area contributed by atoms with Gasteiger partial charge in [-0.05, 0) is 51.4 Å². The van der Waals surface area contributed by atoms with Crippen LogP contribution in [0.15, 0.2) is 24.3 Å². The molecule has 3 aliphatic rings. The average molecular weight is 346 g/mol. The van der Waals surface area contributed by atoms with Gasteiger partial charge in [0.2, 0.25) is 11.8 Å². The summed E-state index contributed by atoms with van der Waals surface area (Å²) in [5, 5.41) is 6.39. The molecule has 0 bridgehead atoms. The third-order valence-corrected chi connectivity index (χ3v) is 5.72. The highest BCUT2D eigenvalue weighted by Crippen LogP contribution is 2.25. The predicted octanol–water partition coefficient (Wildman–Crippen LogP) is 2.48. The number of hydrogen-bond acceptors (Lipinski definition) is 3. The summed E-state index contributed by atoms with van der Waals surface area (Å²) >= 11 is 0. The highest BCUT2D eigenvalue weighted by molar-refractivity contribution is 5.81. The quantitative estimate of drug-likeness (QED) is 0.752. The first-order valence-corrected chi connectivity index (χ1v) is 9.66. The van der Waals surface area contributed by atoms with Gasteiger partial charge in [-0.15, -0.1) is 0 Å². The number of allylic oxidation sites excluding steroid dienone is 4. The smallest absolute Gasteiger partial charge is 0.223 e. The fourth-order valence-corrected chi connectivity index (χ4v) is 3.94. The van der Waals surface area contributed by atoms with Crippen LogP contribution in [0.1, 0.15) is 51.4 Å². The molecule has 5 heteroatoms. The van der Waals surface area contributed by atoms with Crippen LogP contribution in [0.3, 0.4) is 0 Å². The number of ether oxygens (including phenoxy) is 1. The maximum Gasteiger partial charge on any atom is 0.223 e. The van der Waals surface area contributed by atoms with Crippen LogP contribution in [0.4, 0.5) is 0 Å². The molecule has 2 unspecified atom stereocenters. The van der Waals surface area contributed by atoms with E-state index in [2.05, 4.69) is 34.9 Å². The summed E-state index contributed by atoms with van der Waals surface area (Å²) in [6, 6.07) is 0. The van der Waals surface area contributed by atoms with Crippen LogP contribution in [-0.2, 0) is 14.3 Å². The van der Waals surface area contributed by atoms with E-state index < -0.39 is 0 Å². The van der Waals surface area contributed by atoms with Crippen molar-refractivity contribution < 1.29 is 14.3 Å². The number of carbonyl (C=O) groups is 2. The molecule has 138 valence electrons.